The van der Waals surface area contributed by atoms with E-state index < -0.39 is 0 Å². The molecule has 0 saturated carbocycles. The molecule has 10 aromatic carbocycles. The lowest BCUT2D eigenvalue weighted by atomic mass is 9.70. The van der Waals surface area contributed by atoms with Gasteiger partial charge >= 0.3 is 0 Å². The summed E-state index contributed by atoms with van der Waals surface area (Å²) in [6.07, 6.45) is 42.7. The molecule has 2 N–H and O–H groups in total. The van der Waals surface area contributed by atoms with Gasteiger partial charge in [-0.15, -0.1) is 0 Å². The van der Waals surface area contributed by atoms with Crippen molar-refractivity contribution in [1.82, 2.24) is 9.13 Å². The summed E-state index contributed by atoms with van der Waals surface area (Å²) in [4.78, 5) is 0. The maximum atomic E-state index is 4.09. The molecular weight excluding hydrogens is 1270 g/mol. The summed E-state index contributed by atoms with van der Waals surface area (Å²) in [5.41, 5.74) is 28.4. The molecule has 0 amide bonds. The van der Waals surface area contributed by atoms with Crippen molar-refractivity contribution >= 4 is 66.4 Å². The summed E-state index contributed by atoms with van der Waals surface area (Å²) in [7, 11) is 0. The molecule has 4 heteroatoms. The SMILES string of the molecule is CCCCCCCCC1(CCCCCCCC)c2cc(Nc3ccccc3-c3ccc(-n4c5ccc(CCCCCC)cc5c5cc(CCCCCC)ccc54)cc3)ccc2-c2ccc(Nc3ccccc3-c3ccc(-n4c5ccc(CCCCCC)cc5c5cc(CCCCCC)ccc54)cc3)cc21. The van der Waals surface area contributed by atoms with Crippen LogP contribution in [0.5, 0.6) is 0 Å². The lowest BCUT2D eigenvalue weighted by Gasteiger charge is -2.33. The Morgan fingerprint density at radius 2 is 0.552 bits per heavy atom. The van der Waals surface area contributed by atoms with Crippen LogP contribution in [0.4, 0.5) is 22.7 Å². The van der Waals surface area contributed by atoms with Gasteiger partial charge in [0.2, 0.25) is 0 Å². The minimum atomic E-state index is -0.126. The number of aryl methyl sites for hydroxylation is 4. The van der Waals surface area contributed by atoms with E-state index in [0.29, 0.717) is 0 Å². The van der Waals surface area contributed by atoms with Crippen LogP contribution in [0.2, 0.25) is 0 Å². The van der Waals surface area contributed by atoms with Crippen LogP contribution in [0.25, 0.3) is 88.4 Å². The van der Waals surface area contributed by atoms with E-state index in [-0.39, 0.29) is 5.41 Å². The number of anilines is 4. The van der Waals surface area contributed by atoms with Gasteiger partial charge in [0, 0.05) is 72.2 Å². The summed E-state index contributed by atoms with van der Waals surface area (Å²) in [5.74, 6) is 0. The van der Waals surface area contributed by atoms with Gasteiger partial charge in [-0.2, -0.15) is 0 Å². The average Bonchev–Trinajstić information content (AvgIpc) is 1.56. The molecule has 0 fully saturated rings. The highest BCUT2D eigenvalue weighted by Crippen LogP contribution is 2.56. The Kier molecular flexibility index (Phi) is 26.4. The van der Waals surface area contributed by atoms with Gasteiger partial charge in [0.15, 0.2) is 0 Å². The standard InChI is InChI=1S/C101H122N4/c1-7-13-19-25-27-37-67-101(68-38-28-26-20-14-8-2)93-73-81(102-95-45-35-33-43-85(95)79-51-57-83(58-52-79)104-97-63-47-75(39-29-21-15-9-3)69-89(97)90-70-76(48-64-98(90)104)40-30-22-16-10-4)55-61-87(93)88-62-56-82(74-94(88)101)103-96-46-36-34-44-86(96)80-53-59-84(60-54-80)105-99-65-49-77(41-31-23-17-11-5)71-91(99)92-72-78(50-66-100(92)105)42-32-24-18-12-6/h33-36,43-66,69-74,102-103H,7-32,37-42,67-68H2,1-6H3. The zero-order valence-corrected chi connectivity index (χ0v) is 65.1. The first kappa shape index (κ1) is 74.7. The third-order valence-corrected chi connectivity index (χ3v) is 23.6. The number of rotatable bonds is 42. The van der Waals surface area contributed by atoms with E-state index in [1.807, 2.05) is 0 Å². The first-order chi connectivity index (χ1) is 51.8. The molecule has 105 heavy (non-hydrogen) atoms. The van der Waals surface area contributed by atoms with Crippen molar-refractivity contribution in [3.05, 3.63) is 240 Å². The lowest BCUT2D eigenvalue weighted by molar-refractivity contribution is 0.398. The first-order valence-corrected chi connectivity index (χ1v) is 42.2. The van der Waals surface area contributed by atoms with Crippen LogP contribution in [-0.4, -0.2) is 9.13 Å². The maximum Gasteiger partial charge on any atom is 0.0541 e. The first-order valence-electron chi connectivity index (χ1n) is 42.2. The predicted octanol–water partition coefficient (Wildman–Crippen LogP) is 31.0. The Labute approximate surface area is 631 Å². The minimum absolute atomic E-state index is 0.126. The minimum Gasteiger partial charge on any atom is -0.355 e. The Balaban J connectivity index is 0.802. The summed E-state index contributed by atoms with van der Waals surface area (Å²) in [5, 5.41) is 13.7. The number of hydrogen-bond acceptors (Lipinski definition) is 2. The van der Waals surface area contributed by atoms with Crippen molar-refractivity contribution in [2.45, 2.75) is 265 Å². The molecule has 1 aliphatic rings. The lowest BCUT2D eigenvalue weighted by Crippen LogP contribution is -2.26. The zero-order valence-electron chi connectivity index (χ0n) is 65.1. The van der Waals surface area contributed by atoms with E-state index in [1.54, 1.807) is 0 Å². The van der Waals surface area contributed by atoms with E-state index in [2.05, 4.69) is 268 Å². The van der Waals surface area contributed by atoms with Crippen molar-refractivity contribution in [3.8, 4) is 44.8 Å². The zero-order chi connectivity index (χ0) is 72.2. The van der Waals surface area contributed by atoms with Crippen LogP contribution in [0.15, 0.2) is 206 Å². The second-order valence-corrected chi connectivity index (χ2v) is 31.4. The molecule has 0 spiro atoms. The van der Waals surface area contributed by atoms with Crippen LogP contribution >= 0.6 is 0 Å². The molecule has 0 atom stereocenters. The fraction of sp³-hybridized carbons (Fsp3) is 0.406. The molecule has 2 aromatic heterocycles. The van der Waals surface area contributed by atoms with Gasteiger partial charge in [-0.05, 0) is 229 Å². The highest BCUT2D eigenvalue weighted by molar-refractivity contribution is 6.11. The van der Waals surface area contributed by atoms with Gasteiger partial charge in [-0.25, -0.2) is 0 Å². The molecule has 0 saturated heterocycles. The van der Waals surface area contributed by atoms with Crippen LogP contribution in [0.3, 0.4) is 0 Å². The molecule has 546 valence electrons. The second kappa shape index (κ2) is 37.1. The monoisotopic (exact) mass is 1390 g/mol. The Morgan fingerprint density at radius 3 is 0.876 bits per heavy atom. The van der Waals surface area contributed by atoms with Crippen LogP contribution in [0.1, 0.15) is 268 Å². The average molecular weight is 1390 g/mol. The summed E-state index contributed by atoms with van der Waals surface area (Å²) in [6.45, 7) is 13.9. The number of fused-ring (bicyclic) bond motifs is 9. The van der Waals surface area contributed by atoms with Crippen LogP contribution in [0, 0.1) is 0 Å². The van der Waals surface area contributed by atoms with Gasteiger partial charge in [0.25, 0.3) is 0 Å². The van der Waals surface area contributed by atoms with E-state index in [9.17, 15) is 0 Å². The van der Waals surface area contributed by atoms with Gasteiger partial charge in [0.1, 0.15) is 0 Å². The van der Waals surface area contributed by atoms with E-state index in [4.69, 9.17) is 0 Å². The number of para-hydroxylation sites is 2. The highest BCUT2D eigenvalue weighted by atomic mass is 15.0. The molecule has 0 bridgehead atoms. The normalized spacial score (nSPS) is 12.5. The van der Waals surface area contributed by atoms with Crippen molar-refractivity contribution in [2.24, 2.45) is 0 Å². The number of nitrogens with zero attached hydrogens (tertiary/aromatic N) is 2. The Morgan fingerprint density at radius 1 is 0.257 bits per heavy atom. The smallest absolute Gasteiger partial charge is 0.0541 e. The van der Waals surface area contributed by atoms with Crippen LogP contribution in [-0.2, 0) is 31.1 Å². The van der Waals surface area contributed by atoms with Gasteiger partial charge in [-0.1, -0.05) is 293 Å². The quantitative estimate of drug-likeness (QED) is 0.0374. The van der Waals surface area contributed by atoms with Crippen molar-refractivity contribution in [2.75, 3.05) is 10.6 Å². The van der Waals surface area contributed by atoms with Gasteiger partial charge in [-0.3, -0.25) is 0 Å². The van der Waals surface area contributed by atoms with Gasteiger partial charge < -0.3 is 19.8 Å². The number of nitrogens with one attached hydrogen (secondary N) is 2. The molecule has 0 unspecified atom stereocenters. The maximum absolute atomic E-state index is 4.09. The molecule has 13 rings (SSSR count). The number of benzene rings is 10. The van der Waals surface area contributed by atoms with Crippen molar-refractivity contribution in [3.63, 3.8) is 0 Å². The fourth-order valence-corrected chi connectivity index (χ4v) is 17.7. The van der Waals surface area contributed by atoms with E-state index >= 15 is 0 Å². The predicted molar refractivity (Wildman–Crippen MR) is 459 cm³/mol. The second-order valence-electron chi connectivity index (χ2n) is 31.4. The molecule has 4 nitrogen and oxygen atoms in total. The fourth-order valence-electron chi connectivity index (χ4n) is 17.7. The van der Waals surface area contributed by atoms with Gasteiger partial charge in [0.05, 0.1) is 22.1 Å². The third-order valence-electron chi connectivity index (χ3n) is 23.6. The summed E-state index contributed by atoms with van der Waals surface area (Å²) < 4.78 is 5.04. The van der Waals surface area contributed by atoms with Crippen LogP contribution < -0.4 is 10.6 Å². The molecule has 2 heterocycles. The summed E-state index contributed by atoms with van der Waals surface area (Å²) >= 11 is 0. The number of aromatic nitrogens is 2. The number of unbranched alkanes of at least 4 members (excludes halogenated alkanes) is 22. The van der Waals surface area contributed by atoms with E-state index in [0.717, 1.165) is 61.3 Å². The molecule has 1 aliphatic carbocycles. The highest BCUT2D eigenvalue weighted by Gasteiger charge is 2.43. The Hall–Kier alpha value is -8.60. The number of hydrogen-bond donors (Lipinski definition) is 2. The molecular formula is C101H122N4. The molecule has 0 aliphatic heterocycles. The molecule has 0 radical (unpaired) electrons. The largest absolute Gasteiger partial charge is 0.355 e. The Bertz CT molecular complexity index is 4320. The topological polar surface area (TPSA) is 33.9 Å². The van der Waals surface area contributed by atoms with Crippen molar-refractivity contribution < 1.29 is 0 Å². The van der Waals surface area contributed by atoms with E-state index in [1.165, 1.54) is 302 Å². The molecule has 12 aromatic rings. The third kappa shape index (κ3) is 17.6. The van der Waals surface area contributed by atoms with Crippen molar-refractivity contribution in [1.29, 1.82) is 0 Å². The summed E-state index contributed by atoms with van der Waals surface area (Å²) in [6, 6.07) is 80.8.